The van der Waals surface area contributed by atoms with Gasteiger partial charge in [0.25, 0.3) is 17.5 Å². The molecule has 1 aromatic heterocycles. The highest BCUT2D eigenvalue weighted by Crippen LogP contribution is 2.60. The largest absolute Gasteiger partial charge is 0.455 e. The van der Waals surface area contributed by atoms with Gasteiger partial charge in [0.15, 0.2) is 0 Å². The molecule has 2 atom stereocenters. The van der Waals surface area contributed by atoms with Crippen LogP contribution in [0, 0.1) is 22.0 Å². The molecule has 1 aliphatic heterocycles. The van der Waals surface area contributed by atoms with Crippen LogP contribution < -0.4 is 0 Å². The summed E-state index contributed by atoms with van der Waals surface area (Å²) in [4.78, 5) is 37.9. The minimum absolute atomic E-state index is 0.0258. The lowest BCUT2D eigenvalue weighted by Crippen LogP contribution is -2.41. The summed E-state index contributed by atoms with van der Waals surface area (Å²) in [6.07, 6.45) is 1.32. The number of hydrogen-bond donors (Lipinski definition) is 0. The Labute approximate surface area is 221 Å². The van der Waals surface area contributed by atoms with Crippen LogP contribution in [0.5, 0.6) is 0 Å². The SMILES string of the molecule is O=C1[C@@H]2C3c4ccccc4C(c4ccccc43)[C@@H]2C(=O)N1/N=C\c1ccc(-c2ccc(Cl)c([N+](=O)[O-])c2)o1. The second kappa shape index (κ2) is 8.22. The van der Waals surface area contributed by atoms with Gasteiger partial charge in [-0.2, -0.15) is 10.1 Å². The van der Waals surface area contributed by atoms with Crippen LogP contribution in [0.4, 0.5) is 5.69 Å². The van der Waals surface area contributed by atoms with Gasteiger partial charge in [0.1, 0.15) is 16.5 Å². The van der Waals surface area contributed by atoms with E-state index in [4.69, 9.17) is 16.0 Å². The highest BCUT2D eigenvalue weighted by molar-refractivity contribution is 6.32. The van der Waals surface area contributed by atoms with Crippen LogP contribution in [0.25, 0.3) is 11.3 Å². The fraction of sp³-hybridized carbons (Fsp3) is 0.138. The molecule has 4 aliphatic rings. The molecule has 0 radical (unpaired) electrons. The Morgan fingerprint density at radius 2 is 1.39 bits per heavy atom. The average molecular weight is 524 g/mol. The molecule has 2 amide bonds. The van der Waals surface area contributed by atoms with Gasteiger partial charge in [-0.15, -0.1) is 0 Å². The van der Waals surface area contributed by atoms with Gasteiger partial charge in [0.2, 0.25) is 0 Å². The van der Waals surface area contributed by atoms with Crippen molar-refractivity contribution in [3.8, 4) is 11.3 Å². The number of halogens is 1. The van der Waals surface area contributed by atoms with Crippen LogP contribution in [0.2, 0.25) is 5.02 Å². The van der Waals surface area contributed by atoms with E-state index >= 15 is 0 Å². The van der Waals surface area contributed by atoms with Crippen molar-refractivity contribution in [3.63, 3.8) is 0 Å². The molecule has 9 heteroatoms. The second-order valence-corrected chi connectivity index (χ2v) is 10.0. The normalized spacial score (nSPS) is 23.0. The van der Waals surface area contributed by atoms with Crippen molar-refractivity contribution in [3.05, 3.63) is 122 Å². The lowest BCUT2D eigenvalue weighted by Gasteiger charge is -2.45. The van der Waals surface area contributed by atoms with Crippen molar-refractivity contribution in [2.24, 2.45) is 16.9 Å². The number of hydrazone groups is 1. The number of hydrogen-bond acceptors (Lipinski definition) is 6. The number of nitro groups is 1. The molecule has 2 heterocycles. The number of carbonyl (C=O) groups excluding carboxylic acids is 2. The maximum absolute atomic E-state index is 13.6. The molecule has 8 rings (SSSR count). The Balaban J connectivity index is 1.21. The Bertz CT molecular complexity index is 1590. The zero-order valence-corrected chi connectivity index (χ0v) is 20.4. The van der Waals surface area contributed by atoms with E-state index in [1.807, 2.05) is 48.5 Å². The van der Waals surface area contributed by atoms with Crippen LogP contribution in [0.3, 0.4) is 0 Å². The predicted molar refractivity (Wildman–Crippen MR) is 139 cm³/mol. The molecule has 3 aliphatic carbocycles. The van der Waals surface area contributed by atoms with E-state index in [1.54, 1.807) is 18.2 Å². The van der Waals surface area contributed by atoms with Crippen molar-refractivity contribution in [2.75, 3.05) is 0 Å². The van der Waals surface area contributed by atoms with Gasteiger partial charge in [0, 0.05) is 23.5 Å². The summed E-state index contributed by atoms with van der Waals surface area (Å²) in [6, 6.07) is 23.7. The average Bonchev–Trinajstić information content (AvgIpc) is 3.50. The first-order valence-corrected chi connectivity index (χ1v) is 12.5. The van der Waals surface area contributed by atoms with Crippen LogP contribution >= 0.6 is 11.6 Å². The number of nitro benzene ring substituents is 1. The van der Waals surface area contributed by atoms with Gasteiger partial charge in [0.05, 0.1) is 23.0 Å². The molecule has 0 N–H and O–H groups in total. The first kappa shape index (κ1) is 22.6. The number of nitrogens with zero attached hydrogens (tertiary/aromatic N) is 3. The molecule has 3 aromatic carbocycles. The third-order valence-corrected chi connectivity index (χ3v) is 8.10. The smallest absolute Gasteiger partial charge is 0.288 e. The first-order chi connectivity index (χ1) is 18.4. The van der Waals surface area contributed by atoms with Gasteiger partial charge in [-0.25, -0.2) is 0 Å². The van der Waals surface area contributed by atoms with Gasteiger partial charge in [-0.1, -0.05) is 60.1 Å². The minimum atomic E-state index is -0.565. The van der Waals surface area contributed by atoms with Gasteiger partial charge >= 0.3 is 0 Å². The first-order valence-electron chi connectivity index (χ1n) is 12.1. The van der Waals surface area contributed by atoms with Crippen molar-refractivity contribution < 1.29 is 18.9 Å². The molecule has 0 saturated carbocycles. The van der Waals surface area contributed by atoms with Crippen LogP contribution in [0.1, 0.15) is 39.8 Å². The van der Waals surface area contributed by atoms with E-state index in [0.717, 1.165) is 27.3 Å². The summed E-state index contributed by atoms with van der Waals surface area (Å²) in [7, 11) is 0. The molecule has 1 fully saturated rings. The Kier molecular flexibility index (Phi) is 4.90. The predicted octanol–water partition coefficient (Wildman–Crippen LogP) is 5.73. The molecule has 8 nitrogen and oxygen atoms in total. The lowest BCUT2D eigenvalue weighted by molar-refractivity contribution is -0.384. The molecule has 0 spiro atoms. The molecule has 38 heavy (non-hydrogen) atoms. The number of benzene rings is 3. The molecular formula is C29H18ClN3O5. The van der Waals surface area contributed by atoms with Crippen molar-refractivity contribution in [1.29, 1.82) is 0 Å². The van der Waals surface area contributed by atoms with E-state index in [2.05, 4.69) is 5.10 Å². The van der Waals surface area contributed by atoms with E-state index in [0.29, 0.717) is 17.1 Å². The Morgan fingerprint density at radius 3 is 1.92 bits per heavy atom. The maximum atomic E-state index is 13.6. The van der Waals surface area contributed by atoms with E-state index in [9.17, 15) is 19.7 Å². The zero-order valence-electron chi connectivity index (χ0n) is 19.7. The quantitative estimate of drug-likeness (QED) is 0.147. The molecule has 186 valence electrons. The monoisotopic (exact) mass is 523 g/mol. The molecular weight excluding hydrogens is 506 g/mol. The van der Waals surface area contributed by atoms with Gasteiger partial charge in [-0.3, -0.25) is 19.7 Å². The van der Waals surface area contributed by atoms with E-state index in [-0.39, 0.29) is 34.4 Å². The fourth-order valence-corrected chi connectivity index (χ4v) is 6.46. The van der Waals surface area contributed by atoms with Crippen LogP contribution in [-0.2, 0) is 9.59 Å². The maximum Gasteiger partial charge on any atom is 0.288 e. The summed E-state index contributed by atoms with van der Waals surface area (Å²) in [5.74, 6) is -1.43. The summed E-state index contributed by atoms with van der Waals surface area (Å²) in [5.41, 5.74) is 4.61. The Hall–Kier alpha value is -4.56. The van der Waals surface area contributed by atoms with Crippen molar-refractivity contribution in [2.45, 2.75) is 11.8 Å². The number of furan rings is 1. The van der Waals surface area contributed by atoms with Crippen molar-refractivity contribution >= 4 is 35.3 Å². The van der Waals surface area contributed by atoms with Gasteiger partial charge < -0.3 is 4.42 Å². The second-order valence-electron chi connectivity index (χ2n) is 9.62. The topological polar surface area (TPSA) is 106 Å². The number of carbonyl (C=O) groups is 2. The van der Waals surface area contributed by atoms with E-state index in [1.165, 1.54) is 18.3 Å². The number of rotatable bonds is 4. The zero-order chi connectivity index (χ0) is 26.1. The molecule has 0 unspecified atom stereocenters. The third kappa shape index (κ3) is 3.13. The third-order valence-electron chi connectivity index (χ3n) is 7.78. The Morgan fingerprint density at radius 1 is 0.842 bits per heavy atom. The van der Waals surface area contributed by atoms with E-state index < -0.39 is 16.8 Å². The highest BCUT2D eigenvalue weighted by Gasteiger charge is 2.61. The summed E-state index contributed by atoms with van der Waals surface area (Å²) < 4.78 is 5.78. The molecule has 1 saturated heterocycles. The molecule has 2 bridgehead atoms. The number of amides is 2. The fourth-order valence-electron chi connectivity index (χ4n) is 6.27. The molecule has 4 aromatic rings. The number of imide groups is 1. The lowest BCUT2D eigenvalue weighted by atomic mass is 9.55. The minimum Gasteiger partial charge on any atom is -0.455 e. The van der Waals surface area contributed by atoms with Crippen LogP contribution in [-0.4, -0.2) is 28.0 Å². The van der Waals surface area contributed by atoms with Gasteiger partial charge in [-0.05, 0) is 46.5 Å². The van der Waals surface area contributed by atoms with Crippen molar-refractivity contribution in [1.82, 2.24) is 5.01 Å². The summed E-state index contributed by atoms with van der Waals surface area (Å²) in [5, 5.41) is 16.5. The van der Waals surface area contributed by atoms with Crippen LogP contribution in [0.15, 0.2) is 88.4 Å². The standard InChI is InChI=1S/C29H18ClN3O5/c30-21-11-9-15(13-22(21)33(36)37)23-12-10-16(38-23)14-31-32-28(34)26-24-17-5-1-2-6-18(17)25(27(26)29(32)35)20-8-4-3-7-19(20)24/h1-14,24-27H/b31-14-/t24?,25?,26-,27+. The summed E-state index contributed by atoms with van der Waals surface area (Å²) in [6.45, 7) is 0. The highest BCUT2D eigenvalue weighted by atomic mass is 35.5. The summed E-state index contributed by atoms with van der Waals surface area (Å²) >= 11 is 5.91.